The summed E-state index contributed by atoms with van der Waals surface area (Å²) in [5.41, 5.74) is -1.10. The number of amides is 1. The number of nitrogens with one attached hydrogen (secondary N) is 1. The molecule has 6 heteroatoms. The van der Waals surface area contributed by atoms with Crippen LogP contribution in [-0.2, 0) is 4.74 Å². The number of rotatable bonds is 0. The molecule has 0 bridgehead atoms. The Balaban J connectivity index is 2.51. The fraction of sp³-hybridized carbons (Fsp3) is 0.533. The highest BCUT2D eigenvalue weighted by Crippen LogP contribution is 2.39. The van der Waals surface area contributed by atoms with E-state index in [1.807, 2.05) is 0 Å². The van der Waals surface area contributed by atoms with Gasteiger partial charge in [-0.05, 0) is 34.6 Å². The summed E-state index contributed by atoms with van der Waals surface area (Å²) in [6.07, 6.45) is -0.625. The molecule has 1 amide bonds. The van der Waals surface area contributed by atoms with Crippen molar-refractivity contribution >= 4 is 17.5 Å². The highest BCUT2D eigenvalue weighted by atomic mass is 19.1. The van der Waals surface area contributed by atoms with Crippen molar-refractivity contribution in [2.24, 2.45) is 0 Å². The largest absolute Gasteiger partial charge is 0.443 e. The highest BCUT2D eigenvalue weighted by molar-refractivity contribution is 5.95. The van der Waals surface area contributed by atoms with Crippen LogP contribution in [0.15, 0.2) is 12.1 Å². The predicted molar refractivity (Wildman–Crippen MR) is 77.6 cm³/mol. The third-order valence-corrected chi connectivity index (χ3v) is 3.15. The molecular weight excluding hydrogens is 278 g/mol. The van der Waals surface area contributed by atoms with Gasteiger partial charge in [-0.3, -0.25) is 4.90 Å². The van der Waals surface area contributed by atoms with Crippen molar-refractivity contribution in [1.82, 2.24) is 0 Å². The molecule has 0 aromatic heterocycles. The molecule has 1 aliphatic heterocycles. The van der Waals surface area contributed by atoms with Crippen molar-refractivity contribution in [3.05, 3.63) is 23.8 Å². The number of benzene rings is 1. The van der Waals surface area contributed by atoms with Gasteiger partial charge >= 0.3 is 6.09 Å². The number of ether oxygens (including phenoxy) is 1. The van der Waals surface area contributed by atoms with Crippen molar-refractivity contribution in [1.29, 1.82) is 0 Å². The molecule has 0 aliphatic carbocycles. The van der Waals surface area contributed by atoms with Crippen LogP contribution >= 0.6 is 0 Å². The number of carbonyl (C=O) groups is 1. The van der Waals surface area contributed by atoms with Crippen molar-refractivity contribution in [3.8, 4) is 0 Å². The molecule has 4 nitrogen and oxygen atoms in total. The zero-order valence-electron chi connectivity index (χ0n) is 12.9. The molecule has 0 saturated carbocycles. The number of fused-ring (bicyclic) bond motifs is 1. The van der Waals surface area contributed by atoms with Crippen LogP contribution in [0.2, 0.25) is 0 Å². The Labute approximate surface area is 123 Å². The van der Waals surface area contributed by atoms with Gasteiger partial charge in [0.25, 0.3) is 0 Å². The van der Waals surface area contributed by atoms with Crippen LogP contribution in [0.5, 0.6) is 0 Å². The SMILES string of the molecule is CC(C)(C)OC(=O)N1c2cc(F)cc(F)c2NCC1(C)C. The number of nitrogens with zero attached hydrogens (tertiary/aromatic N) is 1. The summed E-state index contributed by atoms with van der Waals surface area (Å²) in [6.45, 7) is 9.17. The Kier molecular flexibility index (Phi) is 3.59. The lowest BCUT2D eigenvalue weighted by Crippen LogP contribution is -2.56. The van der Waals surface area contributed by atoms with Gasteiger partial charge < -0.3 is 10.1 Å². The van der Waals surface area contributed by atoms with Crippen LogP contribution in [0.1, 0.15) is 34.6 Å². The molecule has 116 valence electrons. The van der Waals surface area contributed by atoms with Gasteiger partial charge in [-0.15, -0.1) is 0 Å². The predicted octanol–water partition coefficient (Wildman–Crippen LogP) is 3.91. The quantitative estimate of drug-likeness (QED) is 0.789. The average molecular weight is 298 g/mol. The summed E-state index contributed by atoms with van der Waals surface area (Å²) in [4.78, 5) is 13.7. The van der Waals surface area contributed by atoms with Crippen LogP contribution in [0.4, 0.5) is 25.0 Å². The van der Waals surface area contributed by atoms with E-state index >= 15 is 0 Å². The second-order valence-electron chi connectivity index (χ2n) is 6.76. The molecule has 0 fully saturated rings. The normalized spacial score (nSPS) is 17.0. The van der Waals surface area contributed by atoms with Crippen LogP contribution in [-0.4, -0.2) is 23.8 Å². The Bertz CT molecular complexity index is 580. The lowest BCUT2D eigenvalue weighted by molar-refractivity contribution is 0.0546. The van der Waals surface area contributed by atoms with Crippen molar-refractivity contribution in [2.75, 3.05) is 16.8 Å². The molecule has 0 spiro atoms. The summed E-state index contributed by atoms with van der Waals surface area (Å²) >= 11 is 0. The van der Waals surface area contributed by atoms with Crippen molar-refractivity contribution in [2.45, 2.75) is 45.8 Å². The molecule has 1 heterocycles. The van der Waals surface area contributed by atoms with E-state index in [4.69, 9.17) is 4.74 Å². The van der Waals surface area contributed by atoms with Crippen molar-refractivity contribution in [3.63, 3.8) is 0 Å². The molecule has 0 saturated heterocycles. The van der Waals surface area contributed by atoms with Gasteiger partial charge in [0.05, 0.1) is 16.9 Å². The monoisotopic (exact) mass is 298 g/mol. The summed E-state index contributed by atoms with van der Waals surface area (Å²) < 4.78 is 32.8. The molecule has 1 N–H and O–H groups in total. The maximum Gasteiger partial charge on any atom is 0.415 e. The Morgan fingerprint density at radius 2 is 1.95 bits per heavy atom. The fourth-order valence-corrected chi connectivity index (χ4v) is 2.27. The molecule has 1 aromatic carbocycles. The summed E-state index contributed by atoms with van der Waals surface area (Å²) in [7, 11) is 0. The minimum Gasteiger partial charge on any atom is -0.443 e. The standard InChI is InChI=1S/C15H20F2N2O2/c1-14(2,3)21-13(20)19-11-7-9(16)6-10(17)12(11)18-8-15(19,4)5/h6-7,18H,8H2,1-5H3. The smallest absolute Gasteiger partial charge is 0.415 e. The summed E-state index contributed by atoms with van der Waals surface area (Å²) in [6, 6.07) is 1.92. The Hall–Kier alpha value is -1.85. The van der Waals surface area contributed by atoms with Gasteiger partial charge in [-0.2, -0.15) is 0 Å². The molecule has 1 aromatic rings. The van der Waals surface area contributed by atoms with Gasteiger partial charge in [0.2, 0.25) is 0 Å². The molecule has 1 aliphatic rings. The lowest BCUT2D eigenvalue weighted by atomic mass is 9.98. The zero-order chi connectivity index (χ0) is 16.0. The summed E-state index contributed by atoms with van der Waals surface area (Å²) in [5, 5.41) is 2.90. The second-order valence-corrected chi connectivity index (χ2v) is 6.76. The van der Waals surface area contributed by atoms with E-state index in [-0.39, 0.29) is 11.4 Å². The first kappa shape index (κ1) is 15.5. The second kappa shape index (κ2) is 4.86. The topological polar surface area (TPSA) is 41.6 Å². The third kappa shape index (κ3) is 3.09. The van der Waals surface area contributed by atoms with Gasteiger partial charge in [0.15, 0.2) is 5.82 Å². The van der Waals surface area contributed by atoms with E-state index in [0.29, 0.717) is 6.54 Å². The van der Waals surface area contributed by atoms with Gasteiger partial charge in [0.1, 0.15) is 11.4 Å². The number of hydrogen-bond acceptors (Lipinski definition) is 3. The van der Waals surface area contributed by atoms with E-state index in [9.17, 15) is 13.6 Å². The lowest BCUT2D eigenvalue weighted by Gasteiger charge is -2.43. The van der Waals surface area contributed by atoms with Crippen LogP contribution in [0.3, 0.4) is 0 Å². The third-order valence-electron chi connectivity index (χ3n) is 3.15. The minimum absolute atomic E-state index is 0.113. The first-order valence-corrected chi connectivity index (χ1v) is 6.77. The Morgan fingerprint density at radius 1 is 1.33 bits per heavy atom. The van der Waals surface area contributed by atoms with Crippen LogP contribution in [0, 0.1) is 11.6 Å². The number of anilines is 2. The summed E-state index contributed by atoms with van der Waals surface area (Å²) in [5.74, 6) is -1.46. The molecular formula is C15H20F2N2O2. The average Bonchev–Trinajstić information content (AvgIpc) is 2.23. The van der Waals surface area contributed by atoms with E-state index in [1.165, 1.54) is 4.90 Å². The molecule has 0 unspecified atom stereocenters. The van der Waals surface area contributed by atoms with Crippen LogP contribution in [0.25, 0.3) is 0 Å². The maximum absolute atomic E-state index is 13.9. The molecule has 0 atom stereocenters. The maximum atomic E-state index is 13.9. The van der Waals surface area contributed by atoms with Crippen LogP contribution < -0.4 is 10.2 Å². The number of halogens is 2. The number of carbonyl (C=O) groups excluding carboxylic acids is 1. The van der Waals surface area contributed by atoms with E-state index < -0.39 is 28.9 Å². The molecule has 2 rings (SSSR count). The van der Waals surface area contributed by atoms with E-state index in [0.717, 1.165) is 12.1 Å². The highest BCUT2D eigenvalue weighted by Gasteiger charge is 2.40. The van der Waals surface area contributed by atoms with Gasteiger partial charge in [-0.25, -0.2) is 13.6 Å². The van der Waals surface area contributed by atoms with Crippen molar-refractivity contribution < 1.29 is 18.3 Å². The van der Waals surface area contributed by atoms with Gasteiger partial charge in [0, 0.05) is 18.7 Å². The molecule has 0 radical (unpaired) electrons. The van der Waals surface area contributed by atoms with E-state index in [2.05, 4.69) is 5.32 Å². The number of hydrogen-bond donors (Lipinski definition) is 1. The fourth-order valence-electron chi connectivity index (χ4n) is 2.27. The zero-order valence-corrected chi connectivity index (χ0v) is 12.9. The van der Waals surface area contributed by atoms with E-state index in [1.54, 1.807) is 34.6 Å². The molecule has 21 heavy (non-hydrogen) atoms. The first-order chi connectivity index (χ1) is 9.51. The Morgan fingerprint density at radius 3 is 2.52 bits per heavy atom. The minimum atomic E-state index is -0.737. The first-order valence-electron chi connectivity index (χ1n) is 6.77. The van der Waals surface area contributed by atoms with Gasteiger partial charge in [-0.1, -0.05) is 0 Å².